The molecule has 3 N–H and O–H groups in total. The number of nitrogens with zero attached hydrogens (tertiary/aromatic N) is 1. The van der Waals surface area contributed by atoms with Crippen molar-refractivity contribution >= 4 is 29.5 Å². The van der Waals surface area contributed by atoms with Crippen LogP contribution in [0.3, 0.4) is 0 Å². The maximum absolute atomic E-state index is 11.9. The summed E-state index contributed by atoms with van der Waals surface area (Å²) in [6, 6.07) is 5.31. The van der Waals surface area contributed by atoms with E-state index >= 15 is 0 Å². The molecule has 1 saturated heterocycles. The largest absolute Gasteiger partial charge is 0.449 e. The lowest BCUT2D eigenvalue weighted by Crippen LogP contribution is -2.42. The van der Waals surface area contributed by atoms with Crippen molar-refractivity contribution in [2.75, 3.05) is 11.4 Å². The minimum atomic E-state index is -1.16. The van der Waals surface area contributed by atoms with Gasteiger partial charge in [0.1, 0.15) is 0 Å². The molecule has 1 aliphatic rings. The van der Waals surface area contributed by atoms with Crippen LogP contribution in [0.1, 0.15) is 30.1 Å². The fraction of sp³-hybridized carbons (Fsp3) is 0.333. The summed E-state index contributed by atoms with van der Waals surface area (Å²) in [5, 5.41) is 1.83. The Morgan fingerprint density at radius 3 is 2.43 bits per heavy atom. The molecule has 0 aromatic heterocycles. The second kappa shape index (κ2) is 6.91. The first kappa shape index (κ1) is 16.5. The van der Waals surface area contributed by atoms with Gasteiger partial charge in [0, 0.05) is 18.7 Å². The van der Waals surface area contributed by atoms with E-state index < -0.39 is 24.0 Å². The second-order valence-corrected chi connectivity index (χ2v) is 5.10. The molecule has 1 aromatic carbocycles. The van der Waals surface area contributed by atoms with E-state index in [1.807, 2.05) is 5.32 Å². The number of rotatable bonds is 4. The summed E-state index contributed by atoms with van der Waals surface area (Å²) in [5.74, 6) is -1.46. The number of hydrogen-bond donors (Lipinski definition) is 2. The van der Waals surface area contributed by atoms with Crippen molar-refractivity contribution in [3.63, 3.8) is 0 Å². The molecule has 2 rings (SSSR count). The van der Waals surface area contributed by atoms with Crippen LogP contribution in [0.2, 0.25) is 0 Å². The van der Waals surface area contributed by atoms with Gasteiger partial charge in [0.2, 0.25) is 5.91 Å². The third kappa shape index (κ3) is 4.06. The number of nitrogens with two attached hydrogens (primary N) is 1. The topological polar surface area (TPSA) is 119 Å². The molecule has 23 heavy (non-hydrogen) atoms. The average Bonchev–Trinajstić information content (AvgIpc) is 2.92. The van der Waals surface area contributed by atoms with E-state index in [4.69, 9.17) is 10.5 Å². The summed E-state index contributed by atoms with van der Waals surface area (Å²) < 4.78 is 4.95. The summed E-state index contributed by atoms with van der Waals surface area (Å²) in [6.45, 7) is 1.99. The molecule has 0 radical (unpaired) electrons. The second-order valence-electron chi connectivity index (χ2n) is 5.10. The molecule has 0 spiro atoms. The minimum Gasteiger partial charge on any atom is -0.449 e. The Morgan fingerprint density at radius 1 is 1.26 bits per heavy atom. The number of carbonyl (C=O) groups is 4. The quantitative estimate of drug-likeness (QED) is 0.786. The molecule has 122 valence electrons. The van der Waals surface area contributed by atoms with Gasteiger partial charge in [-0.3, -0.25) is 14.9 Å². The van der Waals surface area contributed by atoms with Crippen molar-refractivity contribution < 1.29 is 23.9 Å². The fourth-order valence-electron chi connectivity index (χ4n) is 2.20. The summed E-state index contributed by atoms with van der Waals surface area (Å²) in [6.07, 6.45) is 0.181. The van der Waals surface area contributed by atoms with Crippen molar-refractivity contribution in [2.45, 2.75) is 25.9 Å². The molecule has 4 amide bonds. The highest BCUT2D eigenvalue weighted by atomic mass is 16.5. The molecule has 0 aliphatic carbocycles. The third-order valence-electron chi connectivity index (χ3n) is 3.39. The molecule has 1 atom stereocenters. The molecule has 0 bridgehead atoms. The van der Waals surface area contributed by atoms with Gasteiger partial charge in [-0.1, -0.05) is 0 Å². The number of hydrogen-bond acceptors (Lipinski definition) is 5. The molecule has 0 saturated carbocycles. The van der Waals surface area contributed by atoms with E-state index in [1.54, 1.807) is 17.0 Å². The number of anilines is 1. The number of ether oxygens (including phenoxy) is 1. The summed E-state index contributed by atoms with van der Waals surface area (Å²) in [5.41, 5.74) is 5.76. The van der Waals surface area contributed by atoms with E-state index in [2.05, 4.69) is 0 Å². The van der Waals surface area contributed by atoms with Gasteiger partial charge in [0.15, 0.2) is 6.10 Å². The normalized spacial score (nSPS) is 15.2. The van der Waals surface area contributed by atoms with Gasteiger partial charge in [-0.25, -0.2) is 9.59 Å². The monoisotopic (exact) mass is 319 g/mol. The van der Waals surface area contributed by atoms with E-state index in [9.17, 15) is 19.2 Å². The Bertz CT molecular complexity index is 641. The molecule has 8 heteroatoms. The molecule has 1 aromatic rings. The minimum absolute atomic E-state index is 0.0528. The Balaban J connectivity index is 1.98. The number of primary amides is 1. The van der Waals surface area contributed by atoms with Crippen LogP contribution in [0.25, 0.3) is 0 Å². The lowest BCUT2D eigenvalue weighted by Gasteiger charge is -2.16. The number of urea groups is 1. The van der Waals surface area contributed by atoms with E-state index in [0.29, 0.717) is 18.7 Å². The van der Waals surface area contributed by atoms with Crippen molar-refractivity contribution in [3.8, 4) is 0 Å². The number of benzene rings is 1. The van der Waals surface area contributed by atoms with Gasteiger partial charge in [-0.05, 0) is 37.6 Å². The predicted molar refractivity (Wildman–Crippen MR) is 80.6 cm³/mol. The lowest BCUT2D eigenvalue weighted by atomic mass is 10.2. The Kier molecular flexibility index (Phi) is 4.95. The molecular formula is C15H17N3O5. The highest BCUT2D eigenvalue weighted by Gasteiger charge is 2.23. The van der Waals surface area contributed by atoms with Crippen LogP contribution < -0.4 is 16.0 Å². The first-order valence-corrected chi connectivity index (χ1v) is 7.10. The zero-order valence-electron chi connectivity index (χ0n) is 12.6. The Labute approximate surface area is 132 Å². The van der Waals surface area contributed by atoms with Crippen LogP contribution in [-0.2, 0) is 14.3 Å². The van der Waals surface area contributed by atoms with E-state index in [1.165, 1.54) is 19.1 Å². The number of nitrogens with one attached hydrogen (secondary N) is 1. The summed E-state index contributed by atoms with van der Waals surface area (Å²) in [7, 11) is 0. The maximum atomic E-state index is 11.9. The van der Waals surface area contributed by atoms with Crippen LogP contribution >= 0.6 is 0 Å². The molecule has 1 aliphatic heterocycles. The number of imide groups is 1. The van der Waals surface area contributed by atoms with Gasteiger partial charge < -0.3 is 15.4 Å². The average molecular weight is 319 g/mol. The molecule has 1 fully saturated rings. The van der Waals surface area contributed by atoms with Crippen LogP contribution in [0.5, 0.6) is 0 Å². The van der Waals surface area contributed by atoms with Crippen LogP contribution in [0.15, 0.2) is 24.3 Å². The fourth-order valence-corrected chi connectivity index (χ4v) is 2.20. The maximum Gasteiger partial charge on any atom is 0.338 e. The van der Waals surface area contributed by atoms with Gasteiger partial charge in [0.25, 0.3) is 5.91 Å². The zero-order valence-corrected chi connectivity index (χ0v) is 12.6. The number of carbonyl (C=O) groups excluding carboxylic acids is 4. The van der Waals surface area contributed by atoms with E-state index in [0.717, 1.165) is 6.42 Å². The SMILES string of the molecule is CC(OC(=O)c1ccc(N2CCCC2=O)cc1)C(=O)NC(N)=O. The molecular weight excluding hydrogens is 302 g/mol. The summed E-state index contributed by atoms with van der Waals surface area (Å²) >= 11 is 0. The van der Waals surface area contributed by atoms with Crippen molar-refractivity contribution in [2.24, 2.45) is 5.73 Å². The Hall–Kier alpha value is -2.90. The number of esters is 1. The van der Waals surface area contributed by atoms with Crippen LogP contribution in [-0.4, -0.2) is 36.5 Å². The van der Waals surface area contributed by atoms with Crippen LogP contribution in [0, 0.1) is 0 Å². The predicted octanol–water partition coefficient (Wildman–Crippen LogP) is 0.554. The van der Waals surface area contributed by atoms with Crippen molar-refractivity contribution in [1.29, 1.82) is 0 Å². The Morgan fingerprint density at radius 2 is 1.91 bits per heavy atom. The third-order valence-corrected chi connectivity index (χ3v) is 3.39. The summed E-state index contributed by atoms with van der Waals surface area (Å²) in [4.78, 5) is 47.3. The number of amides is 4. The zero-order chi connectivity index (χ0) is 17.0. The highest BCUT2D eigenvalue weighted by Crippen LogP contribution is 2.21. The first-order valence-electron chi connectivity index (χ1n) is 7.10. The molecule has 1 unspecified atom stereocenters. The smallest absolute Gasteiger partial charge is 0.338 e. The standard InChI is InChI=1S/C15H17N3O5/c1-9(13(20)17-15(16)22)23-14(21)10-4-6-11(7-5-10)18-8-2-3-12(18)19/h4-7,9H,2-3,8H2,1H3,(H3,16,17,20,22). The van der Waals surface area contributed by atoms with Crippen molar-refractivity contribution in [3.05, 3.63) is 29.8 Å². The van der Waals surface area contributed by atoms with Gasteiger partial charge >= 0.3 is 12.0 Å². The van der Waals surface area contributed by atoms with Gasteiger partial charge in [-0.2, -0.15) is 0 Å². The lowest BCUT2D eigenvalue weighted by molar-refractivity contribution is -0.127. The van der Waals surface area contributed by atoms with Crippen LogP contribution in [0.4, 0.5) is 10.5 Å². The molecule has 8 nitrogen and oxygen atoms in total. The van der Waals surface area contributed by atoms with Gasteiger partial charge in [-0.15, -0.1) is 0 Å². The van der Waals surface area contributed by atoms with E-state index in [-0.39, 0.29) is 11.5 Å². The van der Waals surface area contributed by atoms with Crippen molar-refractivity contribution in [1.82, 2.24) is 5.32 Å². The highest BCUT2D eigenvalue weighted by molar-refractivity contribution is 5.98. The van der Waals surface area contributed by atoms with Gasteiger partial charge in [0.05, 0.1) is 5.56 Å². The molecule has 1 heterocycles. The first-order chi connectivity index (χ1) is 10.9.